The molecule has 2 atom stereocenters. The van der Waals surface area contributed by atoms with Crippen LogP contribution in [-0.4, -0.2) is 41.6 Å². The maximum Gasteiger partial charge on any atom is 0.326 e. The van der Waals surface area contributed by atoms with Gasteiger partial charge in [0, 0.05) is 12.8 Å². The SMILES string of the molecule is CCCCCCC/C=C\C(CCCCCCC(=O)NC(CCCN)C(=O)O)OC(=O)CCCCCCCCCCCCCCCCCCCCCC. The van der Waals surface area contributed by atoms with Gasteiger partial charge in [0.05, 0.1) is 0 Å². The number of nitrogens with two attached hydrogens (primary N) is 1. The summed E-state index contributed by atoms with van der Waals surface area (Å²) in [5.74, 6) is -1.32. The van der Waals surface area contributed by atoms with E-state index in [2.05, 4.69) is 31.3 Å². The standard InChI is InChI=1S/C45H86N2O5/c1-3-5-7-9-11-12-13-14-15-16-17-18-19-20-21-22-23-25-27-33-39-44(49)52-41(35-30-26-24-10-8-6-4-2)36-31-28-29-32-38-43(48)47-42(45(50)51)37-34-40-46/h30,35,41-42H,3-29,31-34,36-40,46H2,1-2H3,(H,47,48)(H,50,51)/b35-30-. The van der Waals surface area contributed by atoms with E-state index in [-0.39, 0.29) is 18.0 Å². The number of nitrogens with one attached hydrogen (secondary N) is 1. The molecular weight excluding hydrogens is 649 g/mol. The van der Waals surface area contributed by atoms with Crippen molar-refractivity contribution in [1.82, 2.24) is 5.32 Å². The molecule has 0 aliphatic carbocycles. The van der Waals surface area contributed by atoms with Crippen LogP contribution in [-0.2, 0) is 19.1 Å². The van der Waals surface area contributed by atoms with Gasteiger partial charge in [-0.1, -0.05) is 180 Å². The summed E-state index contributed by atoms with van der Waals surface area (Å²) in [4.78, 5) is 36.3. The van der Waals surface area contributed by atoms with Gasteiger partial charge in [-0.05, 0) is 64.0 Å². The summed E-state index contributed by atoms with van der Waals surface area (Å²) in [6.07, 6.45) is 44.3. The molecule has 52 heavy (non-hydrogen) atoms. The maximum absolute atomic E-state index is 12.7. The number of allylic oxidation sites excluding steroid dienone is 1. The molecule has 0 heterocycles. The smallest absolute Gasteiger partial charge is 0.326 e. The molecule has 7 heteroatoms. The Morgan fingerprint density at radius 1 is 0.558 bits per heavy atom. The van der Waals surface area contributed by atoms with Crippen molar-refractivity contribution >= 4 is 17.8 Å². The minimum absolute atomic E-state index is 0.0840. The van der Waals surface area contributed by atoms with E-state index < -0.39 is 12.0 Å². The highest BCUT2D eigenvalue weighted by Crippen LogP contribution is 2.17. The summed E-state index contributed by atoms with van der Waals surface area (Å²) in [7, 11) is 0. The normalized spacial score (nSPS) is 12.7. The van der Waals surface area contributed by atoms with Crippen molar-refractivity contribution in [3.8, 4) is 0 Å². The van der Waals surface area contributed by atoms with E-state index in [0.29, 0.717) is 38.6 Å². The summed E-state index contributed by atoms with van der Waals surface area (Å²) in [6, 6.07) is -0.867. The zero-order valence-electron chi connectivity index (χ0n) is 34.4. The van der Waals surface area contributed by atoms with E-state index in [4.69, 9.17) is 10.5 Å². The lowest BCUT2D eigenvalue weighted by Crippen LogP contribution is -2.40. The van der Waals surface area contributed by atoms with Crippen molar-refractivity contribution in [2.45, 2.75) is 251 Å². The Labute approximate surface area is 321 Å². The molecule has 0 saturated heterocycles. The van der Waals surface area contributed by atoms with Gasteiger partial charge in [-0.25, -0.2) is 4.79 Å². The maximum atomic E-state index is 12.7. The van der Waals surface area contributed by atoms with Crippen LogP contribution in [0, 0.1) is 0 Å². The number of carboxylic acids is 1. The molecule has 1 amide bonds. The quantitative estimate of drug-likeness (QED) is 0.0327. The van der Waals surface area contributed by atoms with E-state index in [1.165, 1.54) is 148 Å². The lowest BCUT2D eigenvalue weighted by Gasteiger charge is -2.15. The summed E-state index contributed by atoms with van der Waals surface area (Å²) in [6.45, 7) is 4.92. The molecule has 0 spiro atoms. The Kier molecular flexibility index (Phi) is 38.8. The lowest BCUT2D eigenvalue weighted by molar-refractivity contribution is -0.147. The zero-order chi connectivity index (χ0) is 38.2. The molecule has 0 aromatic rings. The van der Waals surface area contributed by atoms with E-state index in [1.54, 1.807) is 0 Å². The lowest BCUT2D eigenvalue weighted by atomic mass is 10.0. The average molecular weight is 735 g/mol. The third-order valence-corrected chi connectivity index (χ3v) is 10.3. The number of rotatable bonds is 41. The van der Waals surface area contributed by atoms with Crippen molar-refractivity contribution in [2.24, 2.45) is 5.73 Å². The van der Waals surface area contributed by atoms with E-state index in [1.807, 2.05) is 0 Å². The van der Waals surface area contributed by atoms with Crippen LogP contribution in [0.25, 0.3) is 0 Å². The summed E-state index contributed by atoms with van der Waals surface area (Å²) in [5.41, 5.74) is 5.48. The Hall–Kier alpha value is -1.89. The van der Waals surface area contributed by atoms with Gasteiger partial charge in [0.1, 0.15) is 12.1 Å². The van der Waals surface area contributed by atoms with Crippen LogP contribution in [0.15, 0.2) is 12.2 Å². The molecule has 0 saturated carbocycles. The molecule has 7 nitrogen and oxygen atoms in total. The van der Waals surface area contributed by atoms with Crippen LogP contribution in [0.5, 0.6) is 0 Å². The van der Waals surface area contributed by atoms with Crippen LogP contribution in [0.3, 0.4) is 0 Å². The predicted octanol–water partition coefficient (Wildman–Crippen LogP) is 12.7. The molecular formula is C45H86N2O5. The van der Waals surface area contributed by atoms with Crippen LogP contribution in [0.4, 0.5) is 0 Å². The van der Waals surface area contributed by atoms with Crippen LogP contribution < -0.4 is 11.1 Å². The van der Waals surface area contributed by atoms with Crippen molar-refractivity contribution in [2.75, 3.05) is 6.54 Å². The van der Waals surface area contributed by atoms with E-state index >= 15 is 0 Å². The number of hydrogen-bond donors (Lipinski definition) is 3. The number of unbranched alkanes of at least 4 members (excludes halogenated alkanes) is 27. The fourth-order valence-electron chi connectivity index (χ4n) is 6.89. The molecule has 4 N–H and O–H groups in total. The van der Waals surface area contributed by atoms with Gasteiger partial charge in [0.2, 0.25) is 5.91 Å². The second-order valence-corrected chi connectivity index (χ2v) is 15.5. The first kappa shape index (κ1) is 50.1. The van der Waals surface area contributed by atoms with Crippen LogP contribution in [0.1, 0.15) is 239 Å². The van der Waals surface area contributed by atoms with Crippen molar-refractivity contribution < 1.29 is 24.2 Å². The molecule has 2 unspecified atom stereocenters. The molecule has 0 aliphatic rings. The molecule has 0 rings (SSSR count). The van der Waals surface area contributed by atoms with Gasteiger partial charge in [-0.2, -0.15) is 0 Å². The van der Waals surface area contributed by atoms with Gasteiger partial charge in [0.15, 0.2) is 0 Å². The number of esters is 1. The molecule has 0 aliphatic heterocycles. The van der Waals surface area contributed by atoms with Gasteiger partial charge in [0.25, 0.3) is 0 Å². The van der Waals surface area contributed by atoms with E-state index in [0.717, 1.165) is 44.9 Å². The fourth-order valence-corrected chi connectivity index (χ4v) is 6.89. The minimum Gasteiger partial charge on any atom is -0.480 e. The molecule has 0 bridgehead atoms. The van der Waals surface area contributed by atoms with Gasteiger partial charge in [-0.3, -0.25) is 9.59 Å². The van der Waals surface area contributed by atoms with Crippen molar-refractivity contribution in [3.05, 3.63) is 12.2 Å². The van der Waals surface area contributed by atoms with Crippen molar-refractivity contribution in [1.29, 1.82) is 0 Å². The second-order valence-electron chi connectivity index (χ2n) is 15.5. The molecule has 0 aromatic heterocycles. The first-order chi connectivity index (χ1) is 25.4. The highest BCUT2D eigenvalue weighted by atomic mass is 16.5. The molecule has 306 valence electrons. The molecule has 0 aromatic carbocycles. The Morgan fingerprint density at radius 2 is 0.981 bits per heavy atom. The first-order valence-electron chi connectivity index (χ1n) is 22.5. The van der Waals surface area contributed by atoms with Gasteiger partial charge >= 0.3 is 11.9 Å². The number of ether oxygens (including phenoxy) is 1. The van der Waals surface area contributed by atoms with Gasteiger partial charge in [-0.15, -0.1) is 0 Å². The summed E-state index contributed by atoms with van der Waals surface area (Å²) in [5, 5.41) is 11.9. The van der Waals surface area contributed by atoms with E-state index in [9.17, 15) is 19.5 Å². The highest BCUT2D eigenvalue weighted by Gasteiger charge is 2.19. The first-order valence-corrected chi connectivity index (χ1v) is 22.5. The number of carbonyl (C=O) groups is 3. The highest BCUT2D eigenvalue weighted by molar-refractivity contribution is 5.83. The minimum atomic E-state index is -1.01. The summed E-state index contributed by atoms with van der Waals surface area (Å²) < 4.78 is 5.92. The molecule has 0 radical (unpaired) electrons. The largest absolute Gasteiger partial charge is 0.480 e. The van der Waals surface area contributed by atoms with Crippen LogP contribution in [0.2, 0.25) is 0 Å². The predicted molar refractivity (Wildman–Crippen MR) is 221 cm³/mol. The third-order valence-electron chi connectivity index (χ3n) is 10.3. The third kappa shape index (κ3) is 36.5. The summed E-state index contributed by atoms with van der Waals surface area (Å²) >= 11 is 0. The topological polar surface area (TPSA) is 119 Å². The van der Waals surface area contributed by atoms with Crippen molar-refractivity contribution in [3.63, 3.8) is 0 Å². The number of aliphatic carboxylic acids is 1. The number of hydrogen-bond acceptors (Lipinski definition) is 5. The number of carboxylic acid groups (broad SMARTS) is 1. The molecule has 0 fully saturated rings. The van der Waals surface area contributed by atoms with Gasteiger partial charge < -0.3 is 20.9 Å². The second kappa shape index (κ2) is 40.3. The number of amides is 1. The van der Waals surface area contributed by atoms with Crippen LogP contribution >= 0.6 is 0 Å². The number of carbonyl (C=O) groups excluding carboxylic acids is 2. The zero-order valence-corrected chi connectivity index (χ0v) is 34.4. The Morgan fingerprint density at radius 3 is 1.44 bits per heavy atom. The Balaban J connectivity index is 4.07. The average Bonchev–Trinajstić information content (AvgIpc) is 3.13. The monoisotopic (exact) mass is 735 g/mol. The fraction of sp³-hybridized carbons (Fsp3) is 0.889. The Bertz CT molecular complexity index is 833.